The van der Waals surface area contributed by atoms with Gasteiger partial charge in [0.2, 0.25) is 5.82 Å². The zero-order valence-electron chi connectivity index (χ0n) is 21.3. The fourth-order valence-corrected chi connectivity index (χ4v) is 5.56. The fourth-order valence-electron chi connectivity index (χ4n) is 5.56. The first-order chi connectivity index (χ1) is 18.5. The number of para-hydroxylation sites is 1. The molecule has 2 heterocycles. The van der Waals surface area contributed by atoms with E-state index in [1.807, 2.05) is 36.4 Å². The van der Waals surface area contributed by atoms with Crippen LogP contribution in [0.15, 0.2) is 85.2 Å². The third-order valence-corrected chi connectivity index (χ3v) is 7.08. The van der Waals surface area contributed by atoms with Crippen LogP contribution in [0.3, 0.4) is 0 Å². The molecule has 180 valence electrons. The first-order valence-corrected chi connectivity index (χ1v) is 12.4. The summed E-state index contributed by atoms with van der Waals surface area (Å²) in [4.78, 5) is 8.16. The average Bonchev–Trinajstić information content (AvgIpc) is 3.25. The number of aromatic nitrogens is 3. The van der Waals surface area contributed by atoms with Crippen LogP contribution in [0.2, 0.25) is 0 Å². The fraction of sp³-hybridized carbons (Fsp3) is 0.0909. The molecule has 0 amide bonds. The van der Waals surface area contributed by atoms with Crippen molar-refractivity contribution >= 4 is 21.8 Å². The highest BCUT2D eigenvalue weighted by molar-refractivity contribution is 6.10. The summed E-state index contributed by atoms with van der Waals surface area (Å²) in [5, 5.41) is 21.5. The minimum atomic E-state index is 0.117. The van der Waals surface area contributed by atoms with E-state index in [1.165, 1.54) is 22.3 Å². The normalized spacial score (nSPS) is 11.0. The van der Waals surface area contributed by atoms with Crippen molar-refractivity contribution in [3.63, 3.8) is 0 Å². The number of benzene rings is 4. The van der Waals surface area contributed by atoms with Gasteiger partial charge in [-0.25, -0.2) is 9.97 Å². The lowest BCUT2D eigenvalue weighted by Crippen LogP contribution is -1.99. The highest BCUT2D eigenvalue weighted by Gasteiger charge is 2.17. The van der Waals surface area contributed by atoms with Crippen molar-refractivity contribution in [1.29, 1.82) is 10.5 Å². The van der Waals surface area contributed by atoms with Crippen LogP contribution in [0.4, 0.5) is 0 Å². The summed E-state index contributed by atoms with van der Waals surface area (Å²) in [5.41, 5.74) is 11.2. The van der Waals surface area contributed by atoms with Crippen LogP contribution in [-0.4, -0.2) is 14.5 Å². The van der Waals surface area contributed by atoms with Crippen LogP contribution in [0.5, 0.6) is 0 Å². The summed E-state index contributed by atoms with van der Waals surface area (Å²) in [6.07, 6.45) is 3.22. The van der Waals surface area contributed by atoms with E-state index >= 15 is 0 Å². The van der Waals surface area contributed by atoms with Gasteiger partial charge in [-0.1, -0.05) is 54.1 Å². The molecule has 0 aliphatic heterocycles. The summed E-state index contributed by atoms with van der Waals surface area (Å²) in [6.45, 7) is 6.45. The molecule has 0 N–H and O–H groups in total. The van der Waals surface area contributed by atoms with Gasteiger partial charge in [-0.2, -0.15) is 10.5 Å². The zero-order chi connectivity index (χ0) is 26.4. The predicted molar refractivity (Wildman–Crippen MR) is 151 cm³/mol. The Morgan fingerprint density at radius 1 is 0.658 bits per heavy atom. The second-order valence-electron chi connectivity index (χ2n) is 9.61. The molecular weight excluding hydrogens is 466 g/mol. The van der Waals surface area contributed by atoms with Gasteiger partial charge >= 0.3 is 0 Å². The average molecular weight is 490 g/mol. The smallest absolute Gasteiger partial charge is 0.232 e. The first kappa shape index (κ1) is 23.2. The van der Waals surface area contributed by atoms with E-state index in [1.54, 1.807) is 12.4 Å². The Balaban J connectivity index is 1.60. The van der Waals surface area contributed by atoms with E-state index in [0.29, 0.717) is 5.56 Å². The van der Waals surface area contributed by atoms with E-state index in [-0.39, 0.29) is 5.82 Å². The van der Waals surface area contributed by atoms with E-state index in [2.05, 4.69) is 83.8 Å². The van der Waals surface area contributed by atoms with Crippen LogP contribution in [0, 0.1) is 43.4 Å². The quantitative estimate of drug-likeness (QED) is 0.257. The van der Waals surface area contributed by atoms with E-state index < -0.39 is 0 Å². The molecule has 5 nitrogen and oxygen atoms in total. The monoisotopic (exact) mass is 489 g/mol. The van der Waals surface area contributed by atoms with Crippen molar-refractivity contribution < 1.29 is 0 Å². The topological polar surface area (TPSA) is 78.3 Å². The van der Waals surface area contributed by atoms with Gasteiger partial charge in [-0.3, -0.25) is 0 Å². The molecule has 0 spiro atoms. The van der Waals surface area contributed by atoms with E-state index in [0.717, 1.165) is 44.2 Å². The molecule has 0 saturated carbocycles. The second kappa shape index (κ2) is 9.00. The highest BCUT2D eigenvalue weighted by atomic mass is 15.0. The molecule has 4 aromatic carbocycles. The number of aryl methyl sites for hydroxylation is 3. The maximum absolute atomic E-state index is 10.2. The van der Waals surface area contributed by atoms with Crippen molar-refractivity contribution in [2.24, 2.45) is 0 Å². The Labute approximate surface area is 220 Å². The van der Waals surface area contributed by atoms with Gasteiger partial charge in [0.15, 0.2) is 0 Å². The zero-order valence-corrected chi connectivity index (χ0v) is 21.3. The van der Waals surface area contributed by atoms with Crippen molar-refractivity contribution in [2.75, 3.05) is 0 Å². The molecule has 0 aliphatic carbocycles. The number of fused-ring (bicyclic) bond motifs is 3. The molecule has 0 radical (unpaired) electrons. The van der Waals surface area contributed by atoms with Crippen molar-refractivity contribution in [1.82, 2.24) is 14.5 Å². The van der Waals surface area contributed by atoms with Gasteiger partial charge in [0.05, 0.1) is 22.3 Å². The van der Waals surface area contributed by atoms with Gasteiger partial charge in [-0.05, 0) is 72.9 Å². The summed E-state index contributed by atoms with van der Waals surface area (Å²) >= 11 is 0. The predicted octanol–water partition coefficient (Wildman–Crippen LogP) is 7.58. The molecule has 0 saturated heterocycles. The van der Waals surface area contributed by atoms with Crippen molar-refractivity contribution in [3.8, 4) is 40.1 Å². The molecule has 5 heteroatoms. The Morgan fingerprint density at radius 3 is 2.05 bits per heavy atom. The van der Waals surface area contributed by atoms with Crippen LogP contribution in [0.1, 0.15) is 28.1 Å². The molecular formula is C33H23N5. The number of hydrogen-bond acceptors (Lipinski definition) is 4. The number of nitrogens with zero attached hydrogens (tertiary/aromatic N) is 5. The van der Waals surface area contributed by atoms with Crippen LogP contribution >= 0.6 is 0 Å². The lowest BCUT2D eigenvalue weighted by atomic mass is 9.93. The number of nitriles is 2. The van der Waals surface area contributed by atoms with Crippen molar-refractivity contribution in [3.05, 3.63) is 113 Å². The highest BCUT2D eigenvalue weighted by Crippen LogP contribution is 2.37. The Morgan fingerprint density at radius 2 is 1.34 bits per heavy atom. The summed E-state index contributed by atoms with van der Waals surface area (Å²) in [6, 6.07) is 29.5. The van der Waals surface area contributed by atoms with E-state index in [9.17, 15) is 5.26 Å². The minimum absolute atomic E-state index is 0.117. The van der Waals surface area contributed by atoms with Gasteiger partial charge < -0.3 is 4.57 Å². The maximum Gasteiger partial charge on any atom is 0.232 e. The summed E-state index contributed by atoms with van der Waals surface area (Å²) in [7, 11) is 0. The third-order valence-electron chi connectivity index (χ3n) is 7.08. The minimum Gasteiger partial charge on any atom is -0.308 e. The Kier molecular flexibility index (Phi) is 5.48. The molecule has 0 bridgehead atoms. The lowest BCUT2D eigenvalue weighted by Gasteiger charge is -2.14. The molecule has 2 aromatic heterocycles. The Hall–Kier alpha value is -5.26. The second-order valence-corrected chi connectivity index (χ2v) is 9.61. The van der Waals surface area contributed by atoms with Gasteiger partial charge in [-0.15, -0.1) is 0 Å². The molecule has 0 unspecified atom stereocenters. The standard InChI is InChI=1S/C33H23N5/c1-20-12-21(2)33(22(3)13-20)24-8-10-28-27-6-4-5-7-30(27)38(31(28)15-24)29-11-9-23(14-25(29)16-34)26-18-36-32(17-35)37-19-26/h4-15,18-19H,1-3H3. The van der Waals surface area contributed by atoms with Crippen LogP contribution in [0.25, 0.3) is 49.7 Å². The van der Waals surface area contributed by atoms with Gasteiger partial charge in [0.1, 0.15) is 12.1 Å². The van der Waals surface area contributed by atoms with Gasteiger partial charge in [0, 0.05) is 28.7 Å². The number of rotatable bonds is 3. The first-order valence-electron chi connectivity index (χ1n) is 12.4. The largest absolute Gasteiger partial charge is 0.308 e. The third kappa shape index (κ3) is 3.70. The van der Waals surface area contributed by atoms with Crippen LogP contribution in [-0.2, 0) is 0 Å². The van der Waals surface area contributed by atoms with Crippen molar-refractivity contribution in [2.45, 2.75) is 20.8 Å². The molecule has 38 heavy (non-hydrogen) atoms. The van der Waals surface area contributed by atoms with Gasteiger partial charge in [0.25, 0.3) is 0 Å². The molecule has 0 fully saturated rings. The Bertz CT molecular complexity index is 1940. The van der Waals surface area contributed by atoms with Crippen LogP contribution < -0.4 is 0 Å². The lowest BCUT2D eigenvalue weighted by molar-refractivity contribution is 1.11. The van der Waals surface area contributed by atoms with E-state index in [4.69, 9.17) is 5.26 Å². The maximum atomic E-state index is 10.2. The molecule has 0 aliphatic rings. The summed E-state index contributed by atoms with van der Waals surface area (Å²) in [5.74, 6) is 0.117. The SMILES string of the molecule is Cc1cc(C)c(-c2ccc3c4ccccc4n(-c4ccc(-c5cnc(C#N)nc5)cc4C#N)c3c2)c(C)c1. The summed E-state index contributed by atoms with van der Waals surface area (Å²) < 4.78 is 2.19. The molecule has 6 aromatic rings. The molecule has 0 atom stereocenters. The number of hydrogen-bond donors (Lipinski definition) is 0. The molecule has 6 rings (SSSR count).